The summed E-state index contributed by atoms with van der Waals surface area (Å²) in [5.41, 5.74) is 1.57. The van der Waals surface area contributed by atoms with Crippen LogP contribution in [0.15, 0.2) is 48.5 Å². The van der Waals surface area contributed by atoms with E-state index >= 15 is 0 Å². The number of sulfonamides is 1. The van der Waals surface area contributed by atoms with E-state index in [-0.39, 0.29) is 19.0 Å². The Morgan fingerprint density at radius 2 is 1.57 bits per heavy atom. The maximum Gasteiger partial charge on any atom is 0.253 e. The molecule has 0 aliphatic heterocycles. The normalized spacial score (nSPS) is 11.0. The van der Waals surface area contributed by atoms with E-state index in [4.69, 9.17) is 11.6 Å². The highest BCUT2D eigenvalue weighted by Gasteiger charge is 2.21. The minimum Gasteiger partial charge on any atom is -0.350 e. The van der Waals surface area contributed by atoms with E-state index in [0.717, 1.165) is 16.1 Å². The molecule has 2 aromatic carbocycles. The topological polar surface area (TPSA) is 86.8 Å². The molecule has 0 heterocycles. The molecule has 0 aromatic heterocycles. The predicted octanol–water partition coefficient (Wildman–Crippen LogP) is 2.12. The summed E-state index contributed by atoms with van der Waals surface area (Å²) in [6.45, 7) is -0.114. The Hall–Kier alpha value is -2.58. The van der Waals surface area contributed by atoms with Crippen molar-refractivity contribution in [2.75, 3.05) is 31.2 Å². The van der Waals surface area contributed by atoms with E-state index < -0.39 is 15.9 Å². The van der Waals surface area contributed by atoms with Gasteiger partial charge in [-0.25, -0.2) is 8.42 Å². The number of carbonyl (C=O) groups is 2. The van der Waals surface area contributed by atoms with Crippen molar-refractivity contribution in [3.8, 4) is 0 Å². The number of amides is 2. The van der Waals surface area contributed by atoms with Crippen LogP contribution >= 0.6 is 11.6 Å². The van der Waals surface area contributed by atoms with Crippen molar-refractivity contribution >= 4 is 39.1 Å². The molecule has 7 nitrogen and oxygen atoms in total. The first kappa shape index (κ1) is 21.7. The van der Waals surface area contributed by atoms with Crippen LogP contribution in [-0.4, -0.2) is 52.0 Å². The molecule has 9 heteroatoms. The highest BCUT2D eigenvalue weighted by Crippen LogP contribution is 2.19. The fourth-order valence-electron chi connectivity index (χ4n) is 2.42. The lowest BCUT2D eigenvalue weighted by atomic mass is 10.2. The van der Waals surface area contributed by atoms with Crippen molar-refractivity contribution in [3.05, 3.63) is 64.7 Å². The monoisotopic (exact) mass is 423 g/mol. The van der Waals surface area contributed by atoms with Crippen LogP contribution in [0, 0.1) is 0 Å². The molecule has 28 heavy (non-hydrogen) atoms. The fraction of sp³-hybridized carbons (Fsp3) is 0.263. The molecule has 0 atom stereocenters. The number of hydrogen-bond donors (Lipinski definition) is 1. The first-order valence-corrected chi connectivity index (χ1v) is 10.6. The van der Waals surface area contributed by atoms with E-state index in [1.807, 2.05) is 0 Å². The molecular formula is C19H22ClN3O4S. The van der Waals surface area contributed by atoms with Gasteiger partial charge in [-0.2, -0.15) is 0 Å². The number of carbonyl (C=O) groups excluding carboxylic acids is 2. The van der Waals surface area contributed by atoms with Gasteiger partial charge in [0.25, 0.3) is 5.91 Å². The van der Waals surface area contributed by atoms with Gasteiger partial charge in [-0.05, 0) is 42.0 Å². The third kappa shape index (κ3) is 5.97. The maximum atomic E-state index is 12.3. The van der Waals surface area contributed by atoms with Gasteiger partial charge in [0.05, 0.1) is 11.9 Å². The van der Waals surface area contributed by atoms with Crippen molar-refractivity contribution in [1.29, 1.82) is 0 Å². The summed E-state index contributed by atoms with van der Waals surface area (Å²) >= 11 is 5.82. The molecule has 1 N–H and O–H groups in total. The van der Waals surface area contributed by atoms with Crippen molar-refractivity contribution in [1.82, 2.24) is 10.2 Å². The summed E-state index contributed by atoms with van der Waals surface area (Å²) in [7, 11) is -0.433. The molecule has 0 saturated carbocycles. The molecule has 0 aliphatic carbocycles. The summed E-state index contributed by atoms with van der Waals surface area (Å²) in [5.74, 6) is -0.646. The van der Waals surface area contributed by atoms with Crippen molar-refractivity contribution in [2.45, 2.75) is 6.54 Å². The van der Waals surface area contributed by atoms with Crippen LogP contribution in [0.2, 0.25) is 5.02 Å². The zero-order valence-electron chi connectivity index (χ0n) is 15.8. The van der Waals surface area contributed by atoms with Gasteiger partial charge in [0.1, 0.15) is 6.54 Å². The summed E-state index contributed by atoms with van der Waals surface area (Å²) < 4.78 is 25.3. The minimum atomic E-state index is -3.69. The number of benzene rings is 2. The van der Waals surface area contributed by atoms with Gasteiger partial charge in [-0.1, -0.05) is 23.7 Å². The molecule has 0 fully saturated rings. The lowest BCUT2D eigenvalue weighted by molar-refractivity contribution is -0.119. The third-order valence-electron chi connectivity index (χ3n) is 3.90. The summed E-state index contributed by atoms with van der Waals surface area (Å²) in [6, 6.07) is 13.0. The van der Waals surface area contributed by atoms with Crippen LogP contribution in [0.3, 0.4) is 0 Å². The highest BCUT2D eigenvalue weighted by molar-refractivity contribution is 7.92. The zero-order chi connectivity index (χ0) is 20.9. The molecule has 2 rings (SSSR count). The highest BCUT2D eigenvalue weighted by atomic mass is 35.5. The van der Waals surface area contributed by atoms with Crippen molar-refractivity contribution in [2.24, 2.45) is 0 Å². The molecule has 0 bridgehead atoms. The Labute approximate surface area is 169 Å². The number of anilines is 1. The molecule has 0 aliphatic rings. The van der Waals surface area contributed by atoms with Crippen LogP contribution in [0.25, 0.3) is 0 Å². The quantitative estimate of drug-likeness (QED) is 0.739. The number of halogens is 1. The van der Waals surface area contributed by atoms with Gasteiger partial charge in [0.2, 0.25) is 15.9 Å². The van der Waals surface area contributed by atoms with Gasteiger partial charge < -0.3 is 10.2 Å². The lowest BCUT2D eigenvalue weighted by Gasteiger charge is -2.22. The molecule has 0 unspecified atom stereocenters. The SMILES string of the molecule is CN(C)C(=O)c1ccc(N(CC(=O)NCc2ccc(Cl)cc2)S(C)(=O)=O)cc1. The Bertz CT molecular complexity index is 942. The number of hydrogen-bond acceptors (Lipinski definition) is 4. The van der Waals surface area contributed by atoms with Crippen LogP contribution in [0.1, 0.15) is 15.9 Å². The van der Waals surface area contributed by atoms with E-state index in [1.54, 1.807) is 38.4 Å². The van der Waals surface area contributed by atoms with Gasteiger partial charge in [-0.3, -0.25) is 13.9 Å². The average Bonchev–Trinajstić information content (AvgIpc) is 2.64. The Balaban J connectivity index is 2.10. The van der Waals surface area contributed by atoms with Gasteiger partial charge >= 0.3 is 0 Å². The van der Waals surface area contributed by atoms with Crippen molar-refractivity contribution < 1.29 is 18.0 Å². The summed E-state index contributed by atoms with van der Waals surface area (Å²) in [6.07, 6.45) is 1.03. The predicted molar refractivity (Wildman–Crippen MR) is 110 cm³/mol. The smallest absolute Gasteiger partial charge is 0.253 e. The van der Waals surface area contributed by atoms with Crippen LogP contribution in [0.5, 0.6) is 0 Å². The Kier molecular flexibility index (Phi) is 7.04. The second-order valence-electron chi connectivity index (χ2n) is 6.42. The maximum absolute atomic E-state index is 12.3. The Morgan fingerprint density at radius 1 is 1.00 bits per heavy atom. The van der Waals surface area contributed by atoms with Crippen LogP contribution < -0.4 is 9.62 Å². The van der Waals surface area contributed by atoms with E-state index in [2.05, 4.69) is 5.32 Å². The van der Waals surface area contributed by atoms with Crippen molar-refractivity contribution in [3.63, 3.8) is 0 Å². The van der Waals surface area contributed by atoms with Crippen LogP contribution in [0.4, 0.5) is 5.69 Å². The average molecular weight is 424 g/mol. The van der Waals surface area contributed by atoms with Gasteiger partial charge in [0.15, 0.2) is 0 Å². The number of nitrogens with one attached hydrogen (secondary N) is 1. The zero-order valence-corrected chi connectivity index (χ0v) is 17.4. The number of nitrogens with zero attached hydrogens (tertiary/aromatic N) is 2. The van der Waals surface area contributed by atoms with Crippen LogP contribution in [-0.2, 0) is 21.4 Å². The molecular weight excluding hydrogens is 402 g/mol. The third-order valence-corrected chi connectivity index (χ3v) is 5.29. The van der Waals surface area contributed by atoms with Gasteiger partial charge in [-0.15, -0.1) is 0 Å². The molecule has 0 spiro atoms. The first-order chi connectivity index (χ1) is 13.1. The standard InChI is InChI=1S/C19H22ClN3O4S/c1-22(2)19(25)15-6-10-17(11-7-15)23(28(3,26)27)13-18(24)21-12-14-4-8-16(20)9-5-14/h4-11H,12-13H2,1-3H3,(H,21,24). The molecule has 2 amide bonds. The lowest BCUT2D eigenvalue weighted by Crippen LogP contribution is -2.40. The second kappa shape index (κ2) is 9.07. The van der Waals surface area contributed by atoms with E-state index in [9.17, 15) is 18.0 Å². The fourth-order valence-corrected chi connectivity index (χ4v) is 3.40. The minimum absolute atomic E-state index is 0.196. The summed E-state index contributed by atoms with van der Waals surface area (Å²) in [4.78, 5) is 25.7. The Morgan fingerprint density at radius 3 is 2.07 bits per heavy atom. The molecule has 2 aromatic rings. The van der Waals surface area contributed by atoms with Gasteiger partial charge in [0, 0.05) is 31.2 Å². The van der Waals surface area contributed by atoms with E-state index in [0.29, 0.717) is 16.3 Å². The first-order valence-electron chi connectivity index (χ1n) is 8.38. The molecule has 150 valence electrons. The largest absolute Gasteiger partial charge is 0.350 e. The van der Waals surface area contributed by atoms with E-state index in [1.165, 1.54) is 29.2 Å². The summed E-state index contributed by atoms with van der Waals surface area (Å²) in [5, 5.41) is 3.28. The number of rotatable bonds is 7. The molecule has 0 radical (unpaired) electrons. The second-order valence-corrected chi connectivity index (χ2v) is 8.76. The molecule has 0 saturated heterocycles.